The van der Waals surface area contributed by atoms with Crippen LogP contribution in [-0.2, 0) is 9.59 Å². The number of nitrogens with zero attached hydrogens (tertiary/aromatic N) is 3. The summed E-state index contributed by atoms with van der Waals surface area (Å²) in [6.45, 7) is 5.17. The second-order valence-corrected chi connectivity index (χ2v) is 8.64. The third kappa shape index (κ3) is 5.56. The fourth-order valence-corrected chi connectivity index (χ4v) is 4.34. The summed E-state index contributed by atoms with van der Waals surface area (Å²) in [7, 11) is 2.14. The molecule has 6 nitrogen and oxygen atoms in total. The fourth-order valence-electron chi connectivity index (χ4n) is 4.34. The van der Waals surface area contributed by atoms with Crippen molar-refractivity contribution < 1.29 is 9.59 Å². The highest BCUT2D eigenvalue weighted by Gasteiger charge is 2.27. The van der Waals surface area contributed by atoms with Crippen LogP contribution in [0.2, 0.25) is 0 Å². The number of hydrogen-bond acceptors (Lipinski definition) is 4. The van der Waals surface area contributed by atoms with Crippen LogP contribution in [0.3, 0.4) is 0 Å². The normalized spacial score (nSPS) is 18.2. The zero-order valence-electron chi connectivity index (χ0n) is 18.7. The first kappa shape index (κ1) is 22.1. The number of anilines is 2. The average molecular weight is 433 g/mol. The number of amides is 2. The molecule has 0 aliphatic carbocycles. The third-order valence-corrected chi connectivity index (χ3v) is 6.40. The minimum atomic E-state index is -0.0716. The van der Waals surface area contributed by atoms with Crippen molar-refractivity contribution in [1.82, 2.24) is 9.80 Å². The Morgan fingerprint density at radius 3 is 2.25 bits per heavy atom. The summed E-state index contributed by atoms with van der Waals surface area (Å²) >= 11 is 0. The van der Waals surface area contributed by atoms with Crippen molar-refractivity contribution >= 4 is 29.3 Å². The topological polar surface area (TPSA) is 55.9 Å². The Hall–Kier alpha value is -3.12. The first-order chi connectivity index (χ1) is 15.6. The summed E-state index contributed by atoms with van der Waals surface area (Å²) in [5.74, 6) is -0.00988. The second-order valence-electron chi connectivity index (χ2n) is 8.64. The maximum Gasteiger partial charge on any atom is 0.246 e. The number of benzene rings is 2. The number of carbonyl (C=O) groups is 2. The van der Waals surface area contributed by atoms with Crippen LogP contribution in [-0.4, -0.2) is 67.9 Å². The van der Waals surface area contributed by atoms with Gasteiger partial charge < -0.3 is 20.0 Å². The number of carbonyl (C=O) groups excluding carboxylic acids is 2. The van der Waals surface area contributed by atoms with Crippen LogP contribution in [0.1, 0.15) is 18.4 Å². The molecule has 2 aromatic carbocycles. The molecule has 0 saturated carbocycles. The van der Waals surface area contributed by atoms with Crippen LogP contribution in [0.25, 0.3) is 6.08 Å². The van der Waals surface area contributed by atoms with Crippen molar-refractivity contribution in [3.63, 3.8) is 0 Å². The van der Waals surface area contributed by atoms with Gasteiger partial charge in [0.2, 0.25) is 11.8 Å². The largest absolute Gasteiger partial charge is 0.367 e. The van der Waals surface area contributed by atoms with Crippen molar-refractivity contribution in [2.75, 3.05) is 56.5 Å². The molecule has 0 spiro atoms. The molecule has 0 atom stereocenters. The van der Waals surface area contributed by atoms with Gasteiger partial charge >= 0.3 is 0 Å². The third-order valence-electron chi connectivity index (χ3n) is 6.40. The van der Waals surface area contributed by atoms with Gasteiger partial charge in [-0.15, -0.1) is 0 Å². The van der Waals surface area contributed by atoms with Crippen LogP contribution in [0.15, 0.2) is 60.7 Å². The monoisotopic (exact) mass is 432 g/mol. The Morgan fingerprint density at radius 1 is 0.875 bits per heavy atom. The first-order valence-electron chi connectivity index (χ1n) is 11.5. The number of rotatable bonds is 5. The summed E-state index contributed by atoms with van der Waals surface area (Å²) in [5.41, 5.74) is 2.98. The predicted octanol–water partition coefficient (Wildman–Crippen LogP) is 3.33. The van der Waals surface area contributed by atoms with Crippen molar-refractivity contribution in [3.8, 4) is 0 Å². The molecule has 2 amide bonds. The van der Waals surface area contributed by atoms with Gasteiger partial charge in [0.05, 0.1) is 11.4 Å². The summed E-state index contributed by atoms with van der Waals surface area (Å²) < 4.78 is 0. The minimum absolute atomic E-state index is 0.00752. The number of piperazine rings is 1. The highest BCUT2D eigenvalue weighted by Crippen LogP contribution is 2.28. The average Bonchev–Trinajstić information content (AvgIpc) is 2.84. The van der Waals surface area contributed by atoms with Crippen LogP contribution < -0.4 is 10.2 Å². The van der Waals surface area contributed by atoms with E-state index in [9.17, 15) is 9.59 Å². The molecule has 6 heteroatoms. The summed E-state index contributed by atoms with van der Waals surface area (Å²) in [4.78, 5) is 32.0. The lowest BCUT2D eigenvalue weighted by Crippen LogP contribution is -2.45. The summed E-state index contributed by atoms with van der Waals surface area (Å²) in [6, 6.07) is 17.9. The standard InChI is InChI=1S/C26H32N4O2/c1-28-17-19-29(20-18-28)24-10-6-5-9-23(24)27-26(32)22-13-15-30(16-14-22)25(31)12-11-21-7-3-2-4-8-21/h2-12,22H,13-20H2,1H3,(H,27,32)/b12-11-. The molecule has 2 aromatic rings. The highest BCUT2D eigenvalue weighted by atomic mass is 16.2. The van der Waals surface area contributed by atoms with Gasteiger partial charge in [0.25, 0.3) is 0 Å². The van der Waals surface area contributed by atoms with E-state index in [-0.39, 0.29) is 17.7 Å². The zero-order valence-corrected chi connectivity index (χ0v) is 18.7. The maximum atomic E-state index is 13.0. The van der Waals surface area contributed by atoms with Gasteiger partial charge in [0.1, 0.15) is 0 Å². The SMILES string of the molecule is CN1CCN(c2ccccc2NC(=O)C2CCN(C(=O)/C=C\c3ccccc3)CC2)CC1. The quantitative estimate of drug-likeness (QED) is 0.737. The molecular weight excluding hydrogens is 400 g/mol. The van der Waals surface area contributed by atoms with Gasteiger partial charge in [-0.3, -0.25) is 9.59 Å². The molecule has 0 aromatic heterocycles. The Kier molecular flexibility index (Phi) is 7.22. The number of nitrogens with one attached hydrogen (secondary N) is 1. The zero-order chi connectivity index (χ0) is 22.3. The number of likely N-dealkylation sites (N-methyl/N-ethyl adjacent to an activating group) is 1. The predicted molar refractivity (Wildman–Crippen MR) is 130 cm³/mol. The molecule has 0 bridgehead atoms. The lowest BCUT2D eigenvalue weighted by atomic mass is 9.95. The Bertz CT molecular complexity index is 943. The highest BCUT2D eigenvalue weighted by molar-refractivity contribution is 5.96. The molecule has 2 fully saturated rings. The van der Waals surface area contributed by atoms with E-state index in [1.165, 1.54) is 0 Å². The summed E-state index contributed by atoms with van der Waals surface area (Å²) in [6.07, 6.45) is 4.85. The Balaban J connectivity index is 1.31. The van der Waals surface area contributed by atoms with Crippen molar-refractivity contribution in [2.24, 2.45) is 5.92 Å². The van der Waals surface area contributed by atoms with Crippen LogP contribution in [0.5, 0.6) is 0 Å². The number of para-hydroxylation sites is 2. The maximum absolute atomic E-state index is 13.0. The Labute approximate surface area is 190 Å². The first-order valence-corrected chi connectivity index (χ1v) is 11.5. The minimum Gasteiger partial charge on any atom is -0.367 e. The molecule has 2 aliphatic rings. The lowest BCUT2D eigenvalue weighted by molar-refractivity contribution is -0.130. The van der Waals surface area contributed by atoms with Crippen LogP contribution >= 0.6 is 0 Å². The van der Waals surface area contributed by atoms with Gasteiger partial charge in [0.15, 0.2) is 0 Å². The molecule has 0 unspecified atom stereocenters. The van der Waals surface area contributed by atoms with E-state index >= 15 is 0 Å². The Morgan fingerprint density at radius 2 is 1.53 bits per heavy atom. The molecule has 0 radical (unpaired) electrons. The van der Waals surface area contributed by atoms with E-state index in [4.69, 9.17) is 0 Å². The van der Waals surface area contributed by atoms with E-state index in [1.54, 1.807) is 6.08 Å². The van der Waals surface area contributed by atoms with E-state index in [2.05, 4.69) is 28.2 Å². The van der Waals surface area contributed by atoms with Crippen LogP contribution in [0, 0.1) is 5.92 Å². The summed E-state index contributed by atoms with van der Waals surface area (Å²) in [5, 5.41) is 3.17. The van der Waals surface area contributed by atoms with Gasteiger partial charge in [-0.05, 0) is 43.7 Å². The number of piperidine rings is 1. The van der Waals surface area contributed by atoms with Crippen molar-refractivity contribution in [1.29, 1.82) is 0 Å². The molecule has 1 N–H and O–H groups in total. The number of hydrogen-bond donors (Lipinski definition) is 1. The van der Waals surface area contributed by atoms with Crippen molar-refractivity contribution in [3.05, 3.63) is 66.2 Å². The van der Waals surface area contributed by atoms with Gasteiger partial charge in [0, 0.05) is 51.3 Å². The fraction of sp³-hybridized carbons (Fsp3) is 0.385. The van der Waals surface area contributed by atoms with E-state index in [1.807, 2.05) is 59.5 Å². The molecule has 2 aliphatic heterocycles. The molecular formula is C26H32N4O2. The van der Waals surface area contributed by atoms with E-state index in [0.29, 0.717) is 25.9 Å². The molecule has 4 rings (SSSR count). The van der Waals surface area contributed by atoms with Gasteiger partial charge in [-0.2, -0.15) is 0 Å². The second kappa shape index (κ2) is 10.5. The smallest absolute Gasteiger partial charge is 0.246 e. The van der Waals surface area contributed by atoms with E-state index < -0.39 is 0 Å². The molecule has 168 valence electrons. The molecule has 2 saturated heterocycles. The van der Waals surface area contributed by atoms with Gasteiger partial charge in [-0.1, -0.05) is 42.5 Å². The van der Waals surface area contributed by atoms with Gasteiger partial charge in [-0.25, -0.2) is 0 Å². The van der Waals surface area contributed by atoms with Crippen LogP contribution in [0.4, 0.5) is 11.4 Å². The number of likely N-dealkylation sites (tertiary alicyclic amines) is 1. The van der Waals surface area contributed by atoms with Crippen molar-refractivity contribution in [2.45, 2.75) is 12.8 Å². The molecule has 2 heterocycles. The van der Waals surface area contributed by atoms with E-state index in [0.717, 1.165) is 43.1 Å². The lowest BCUT2D eigenvalue weighted by Gasteiger charge is -2.35. The molecule has 32 heavy (non-hydrogen) atoms.